The fraction of sp³-hybridized carbons (Fsp3) is 0.500. The van der Waals surface area contributed by atoms with E-state index in [1.165, 1.54) is 0 Å². The van der Waals surface area contributed by atoms with Gasteiger partial charge in [0, 0.05) is 6.42 Å². The lowest BCUT2D eigenvalue weighted by Crippen LogP contribution is -2.45. The zero-order valence-corrected chi connectivity index (χ0v) is 13.6. The van der Waals surface area contributed by atoms with Gasteiger partial charge in [-0.25, -0.2) is 13.2 Å². The molecule has 2 N–H and O–H groups in total. The minimum absolute atomic E-state index is 0.116. The van der Waals surface area contributed by atoms with Crippen molar-refractivity contribution in [2.75, 3.05) is 5.75 Å². The van der Waals surface area contributed by atoms with Gasteiger partial charge in [-0.1, -0.05) is 43.2 Å². The number of nitrogens with one attached hydrogen (secondary N) is 1. The predicted molar refractivity (Wildman–Crippen MR) is 85.8 cm³/mol. The van der Waals surface area contributed by atoms with Gasteiger partial charge in [0.05, 0.1) is 5.25 Å². The summed E-state index contributed by atoms with van der Waals surface area (Å²) >= 11 is 0. The molecule has 1 saturated carbocycles. The average molecular weight is 339 g/mol. The summed E-state index contributed by atoms with van der Waals surface area (Å²) in [5.74, 6) is -2.57. The van der Waals surface area contributed by atoms with Crippen LogP contribution >= 0.6 is 0 Å². The number of carboxylic acid groups (broad SMARTS) is 1. The second kappa shape index (κ2) is 7.59. The van der Waals surface area contributed by atoms with E-state index in [1.54, 1.807) is 24.3 Å². The molecule has 0 bridgehead atoms. The quantitative estimate of drug-likeness (QED) is 0.776. The maximum absolute atomic E-state index is 12.1. The largest absolute Gasteiger partial charge is 0.480 e. The van der Waals surface area contributed by atoms with Gasteiger partial charge in [-0.15, -0.1) is 0 Å². The number of hydrogen-bond donors (Lipinski definition) is 2. The first-order valence-corrected chi connectivity index (χ1v) is 9.37. The van der Waals surface area contributed by atoms with Crippen molar-refractivity contribution in [1.82, 2.24) is 5.32 Å². The van der Waals surface area contributed by atoms with Crippen LogP contribution in [0.2, 0.25) is 0 Å². The number of carboxylic acids is 1. The number of carbonyl (C=O) groups is 2. The van der Waals surface area contributed by atoms with Gasteiger partial charge in [-0.2, -0.15) is 0 Å². The van der Waals surface area contributed by atoms with E-state index in [2.05, 4.69) is 5.32 Å². The van der Waals surface area contributed by atoms with E-state index in [4.69, 9.17) is 0 Å². The van der Waals surface area contributed by atoms with Gasteiger partial charge in [-0.3, -0.25) is 4.79 Å². The number of benzene rings is 1. The normalized spacial score (nSPS) is 16.9. The molecule has 0 radical (unpaired) electrons. The molecule has 0 aliphatic heterocycles. The van der Waals surface area contributed by atoms with Crippen LogP contribution in [0.15, 0.2) is 30.3 Å². The Morgan fingerprint density at radius 1 is 1.17 bits per heavy atom. The Kier molecular flexibility index (Phi) is 5.76. The van der Waals surface area contributed by atoms with Crippen molar-refractivity contribution >= 4 is 21.7 Å². The molecule has 2 rings (SSSR count). The topological polar surface area (TPSA) is 101 Å². The predicted octanol–water partition coefficient (Wildman–Crippen LogP) is 1.16. The Morgan fingerprint density at radius 3 is 2.35 bits per heavy atom. The van der Waals surface area contributed by atoms with Crippen LogP contribution < -0.4 is 5.32 Å². The molecule has 1 unspecified atom stereocenters. The Labute approximate surface area is 135 Å². The Bertz CT molecular complexity index is 650. The highest BCUT2D eigenvalue weighted by molar-refractivity contribution is 7.92. The van der Waals surface area contributed by atoms with Crippen molar-refractivity contribution in [3.8, 4) is 0 Å². The van der Waals surface area contributed by atoms with Crippen molar-refractivity contribution in [2.24, 2.45) is 0 Å². The number of rotatable bonds is 7. The van der Waals surface area contributed by atoms with Gasteiger partial charge in [0.25, 0.3) is 0 Å². The molecule has 0 spiro atoms. The monoisotopic (exact) mass is 339 g/mol. The molecule has 1 aliphatic rings. The van der Waals surface area contributed by atoms with Gasteiger partial charge in [0.15, 0.2) is 9.84 Å². The lowest BCUT2D eigenvalue weighted by Gasteiger charge is -2.16. The molecule has 1 aliphatic carbocycles. The standard InChI is InChI=1S/C16H21NO5S/c18-15(11-23(21,22)13-8-4-5-9-13)17-14(16(19)20)10-12-6-2-1-3-7-12/h1-3,6-7,13-14H,4-5,8-11H2,(H,17,18)(H,19,20). The molecule has 1 aromatic carbocycles. The highest BCUT2D eigenvalue weighted by atomic mass is 32.2. The van der Waals surface area contributed by atoms with Gasteiger partial charge < -0.3 is 10.4 Å². The van der Waals surface area contributed by atoms with Crippen molar-refractivity contribution in [1.29, 1.82) is 0 Å². The third-order valence-corrected chi connectivity index (χ3v) is 6.21. The zero-order chi connectivity index (χ0) is 16.9. The van der Waals surface area contributed by atoms with E-state index < -0.39 is 38.8 Å². The van der Waals surface area contributed by atoms with Crippen LogP contribution in [0.4, 0.5) is 0 Å². The van der Waals surface area contributed by atoms with E-state index in [0.29, 0.717) is 12.8 Å². The first-order valence-electron chi connectivity index (χ1n) is 7.66. The summed E-state index contributed by atoms with van der Waals surface area (Å²) in [4.78, 5) is 23.3. The van der Waals surface area contributed by atoms with Crippen molar-refractivity contribution in [3.05, 3.63) is 35.9 Å². The lowest BCUT2D eigenvalue weighted by molar-refractivity contribution is -0.141. The number of hydrogen-bond acceptors (Lipinski definition) is 4. The molecule has 7 heteroatoms. The summed E-state index contributed by atoms with van der Waals surface area (Å²) < 4.78 is 24.3. The highest BCUT2D eigenvalue weighted by Crippen LogP contribution is 2.25. The van der Waals surface area contributed by atoms with Crippen molar-refractivity contribution in [3.63, 3.8) is 0 Å². The van der Waals surface area contributed by atoms with Crippen molar-refractivity contribution < 1.29 is 23.1 Å². The minimum Gasteiger partial charge on any atom is -0.480 e. The Balaban J connectivity index is 1.96. The lowest BCUT2D eigenvalue weighted by atomic mass is 10.1. The molecule has 1 fully saturated rings. The van der Waals surface area contributed by atoms with Crippen LogP contribution in [0.3, 0.4) is 0 Å². The van der Waals surface area contributed by atoms with E-state index in [9.17, 15) is 23.1 Å². The van der Waals surface area contributed by atoms with Crippen molar-refractivity contribution in [2.45, 2.75) is 43.4 Å². The Morgan fingerprint density at radius 2 is 1.78 bits per heavy atom. The van der Waals surface area contributed by atoms with Gasteiger partial charge in [-0.05, 0) is 18.4 Å². The Hall–Kier alpha value is -1.89. The molecule has 23 heavy (non-hydrogen) atoms. The molecule has 0 aromatic heterocycles. The summed E-state index contributed by atoms with van der Waals surface area (Å²) in [6.07, 6.45) is 3.00. The summed E-state index contributed by atoms with van der Waals surface area (Å²) in [5.41, 5.74) is 0.763. The molecule has 0 heterocycles. The van der Waals surface area contributed by atoms with Crippen LogP contribution in [0.25, 0.3) is 0 Å². The number of carbonyl (C=O) groups excluding carboxylic acids is 1. The van der Waals surface area contributed by atoms with E-state index >= 15 is 0 Å². The van der Waals surface area contributed by atoms with Gasteiger partial charge in [0.2, 0.25) is 5.91 Å². The maximum Gasteiger partial charge on any atom is 0.326 e. The minimum atomic E-state index is -3.51. The van der Waals surface area contributed by atoms with Crippen LogP contribution in [-0.4, -0.2) is 42.4 Å². The highest BCUT2D eigenvalue weighted by Gasteiger charge is 2.31. The van der Waals surface area contributed by atoms with E-state index in [0.717, 1.165) is 18.4 Å². The first kappa shape index (κ1) is 17.5. The summed E-state index contributed by atoms with van der Waals surface area (Å²) in [5, 5.41) is 11.1. The smallest absolute Gasteiger partial charge is 0.326 e. The number of sulfone groups is 1. The molecule has 6 nitrogen and oxygen atoms in total. The zero-order valence-electron chi connectivity index (χ0n) is 12.8. The van der Waals surface area contributed by atoms with E-state index in [1.807, 2.05) is 6.07 Å². The van der Waals surface area contributed by atoms with Gasteiger partial charge in [0.1, 0.15) is 11.8 Å². The molecule has 0 saturated heterocycles. The first-order chi connectivity index (χ1) is 10.9. The second-order valence-electron chi connectivity index (χ2n) is 5.86. The third kappa shape index (κ3) is 5.06. The molecule has 1 amide bonds. The van der Waals surface area contributed by atoms with Crippen LogP contribution in [-0.2, 0) is 25.8 Å². The molecular formula is C16H21NO5S. The average Bonchev–Trinajstić information content (AvgIpc) is 3.02. The maximum atomic E-state index is 12.1. The number of aliphatic carboxylic acids is 1. The molecular weight excluding hydrogens is 318 g/mol. The molecule has 1 atom stereocenters. The summed E-state index contributed by atoms with van der Waals surface area (Å²) in [6, 6.07) is 7.76. The van der Waals surface area contributed by atoms with Gasteiger partial charge >= 0.3 is 5.97 Å². The number of amides is 1. The fourth-order valence-corrected chi connectivity index (χ4v) is 4.57. The molecule has 1 aromatic rings. The summed E-state index contributed by atoms with van der Waals surface area (Å²) in [7, 11) is -3.51. The fourth-order valence-electron chi connectivity index (χ4n) is 2.83. The van der Waals surface area contributed by atoms with Crippen LogP contribution in [0.1, 0.15) is 31.2 Å². The molecule has 126 valence electrons. The summed E-state index contributed by atoms with van der Waals surface area (Å²) in [6.45, 7) is 0. The van der Waals surface area contributed by atoms with Crippen LogP contribution in [0, 0.1) is 0 Å². The SMILES string of the molecule is O=C(CS(=O)(=O)C1CCCC1)NC(Cc1ccccc1)C(=O)O. The third-order valence-electron chi connectivity index (χ3n) is 4.06. The van der Waals surface area contributed by atoms with E-state index in [-0.39, 0.29) is 6.42 Å². The second-order valence-corrected chi connectivity index (χ2v) is 8.14. The van der Waals surface area contributed by atoms with Crippen LogP contribution in [0.5, 0.6) is 0 Å².